The van der Waals surface area contributed by atoms with Gasteiger partial charge in [0.25, 0.3) is 0 Å². The molecule has 1 amide bonds. The van der Waals surface area contributed by atoms with Crippen molar-refractivity contribution in [2.24, 2.45) is 5.73 Å². The molecule has 0 aliphatic carbocycles. The van der Waals surface area contributed by atoms with Crippen molar-refractivity contribution in [1.29, 1.82) is 0 Å². The van der Waals surface area contributed by atoms with Crippen LogP contribution in [0.3, 0.4) is 0 Å². The van der Waals surface area contributed by atoms with E-state index in [0.717, 1.165) is 6.07 Å². The molecule has 4 nitrogen and oxygen atoms in total. The molecular formula is C13H10ClF2N3O. The highest BCUT2D eigenvalue weighted by Crippen LogP contribution is 2.32. The van der Waals surface area contributed by atoms with Crippen LogP contribution < -0.4 is 16.8 Å². The quantitative estimate of drug-likeness (QED) is 0.762. The van der Waals surface area contributed by atoms with Gasteiger partial charge in [0.1, 0.15) is 5.82 Å². The third-order valence-electron chi connectivity index (χ3n) is 2.60. The number of carbonyl (C=O) groups excluding carboxylic acids is 1. The van der Waals surface area contributed by atoms with E-state index in [1.54, 1.807) is 0 Å². The lowest BCUT2D eigenvalue weighted by atomic mass is 10.1. The molecular weight excluding hydrogens is 288 g/mol. The molecule has 0 aliphatic rings. The van der Waals surface area contributed by atoms with Gasteiger partial charge in [-0.05, 0) is 24.3 Å². The average Bonchev–Trinajstić information content (AvgIpc) is 2.35. The Morgan fingerprint density at radius 3 is 2.50 bits per heavy atom. The zero-order valence-corrected chi connectivity index (χ0v) is 10.8. The maximum atomic E-state index is 13.7. The molecule has 0 aromatic heterocycles. The molecule has 0 spiro atoms. The number of halogens is 3. The van der Waals surface area contributed by atoms with Crippen LogP contribution in [0.25, 0.3) is 0 Å². The van der Waals surface area contributed by atoms with Gasteiger partial charge in [0.05, 0.1) is 22.1 Å². The minimum absolute atomic E-state index is 0.138. The summed E-state index contributed by atoms with van der Waals surface area (Å²) in [6.07, 6.45) is 0. The van der Waals surface area contributed by atoms with Crippen molar-refractivity contribution in [1.82, 2.24) is 0 Å². The number of nitrogens with one attached hydrogen (secondary N) is 1. The molecule has 0 radical (unpaired) electrons. The third kappa shape index (κ3) is 2.80. The molecule has 0 unspecified atom stereocenters. The van der Waals surface area contributed by atoms with Crippen molar-refractivity contribution in [3.8, 4) is 0 Å². The minimum atomic E-state index is -0.876. The fourth-order valence-electron chi connectivity index (χ4n) is 1.61. The summed E-state index contributed by atoms with van der Waals surface area (Å²) < 4.78 is 26.6. The standard InChI is InChI=1S/C13H10ClF2N3O/c14-8-4-7(15)5-9(16)12(8)19-11-3-6(13(18)20)1-2-10(11)17/h1-5,19H,17H2,(H2,18,20). The van der Waals surface area contributed by atoms with E-state index in [0.29, 0.717) is 6.07 Å². The van der Waals surface area contributed by atoms with Crippen molar-refractivity contribution >= 4 is 34.6 Å². The maximum Gasteiger partial charge on any atom is 0.248 e. The summed E-state index contributed by atoms with van der Waals surface area (Å²) in [4.78, 5) is 11.1. The first-order chi connectivity index (χ1) is 9.38. The van der Waals surface area contributed by atoms with Crippen LogP contribution in [0.5, 0.6) is 0 Å². The predicted molar refractivity (Wildman–Crippen MR) is 74.0 cm³/mol. The molecule has 0 saturated heterocycles. The Balaban J connectivity index is 2.45. The Labute approximate surface area is 118 Å². The predicted octanol–water partition coefficient (Wildman–Crippen LogP) is 3.04. The van der Waals surface area contributed by atoms with Crippen LogP contribution >= 0.6 is 11.6 Å². The molecule has 0 heterocycles. The van der Waals surface area contributed by atoms with E-state index < -0.39 is 17.5 Å². The Kier molecular flexibility index (Phi) is 3.76. The van der Waals surface area contributed by atoms with E-state index >= 15 is 0 Å². The van der Waals surface area contributed by atoms with E-state index in [1.165, 1.54) is 18.2 Å². The molecule has 7 heteroatoms. The van der Waals surface area contributed by atoms with Gasteiger partial charge >= 0.3 is 0 Å². The lowest BCUT2D eigenvalue weighted by Crippen LogP contribution is -2.11. The number of benzene rings is 2. The highest BCUT2D eigenvalue weighted by molar-refractivity contribution is 6.33. The molecule has 0 aliphatic heterocycles. The average molecular weight is 298 g/mol. The first-order valence-electron chi connectivity index (χ1n) is 5.49. The third-order valence-corrected chi connectivity index (χ3v) is 2.90. The van der Waals surface area contributed by atoms with Crippen molar-refractivity contribution < 1.29 is 13.6 Å². The number of carbonyl (C=O) groups is 1. The number of primary amides is 1. The van der Waals surface area contributed by atoms with E-state index in [1.807, 2.05) is 0 Å². The Morgan fingerprint density at radius 2 is 1.90 bits per heavy atom. The molecule has 0 bridgehead atoms. The summed E-state index contributed by atoms with van der Waals surface area (Å²) in [7, 11) is 0. The number of amides is 1. The summed E-state index contributed by atoms with van der Waals surface area (Å²) >= 11 is 5.76. The molecule has 2 rings (SSSR count). The molecule has 104 valence electrons. The van der Waals surface area contributed by atoms with Crippen LogP contribution in [0.15, 0.2) is 30.3 Å². The number of hydrogen-bond acceptors (Lipinski definition) is 3. The summed E-state index contributed by atoms with van der Waals surface area (Å²) in [6.45, 7) is 0. The van der Waals surface area contributed by atoms with Gasteiger partial charge in [-0.2, -0.15) is 0 Å². The van der Waals surface area contributed by atoms with E-state index in [4.69, 9.17) is 23.1 Å². The van der Waals surface area contributed by atoms with Crippen LogP contribution in [-0.4, -0.2) is 5.91 Å². The van der Waals surface area contributed by atoms with Gasteiger partial charge in [-0.15, -0.1) is 0 Å². The topological polar surface area (TPSA) is 81.1 Å². The van der Waals surface area contributed by atoms with Crippen LogP contribution in [0.2, 0.25) is 5.02 Å². The number of hydrogen-bond donors (Lipinski definition) is 3. The van der Waals surface area contributed by atoms with Crippen molar-refractivity contribution in [2.45, 2.75) is 0 Å². The summed E-state index contributed by atoms with van der Waals surface area (Å²) in [6, 6.07) is 5.88. The second-order valence-corrected chi connectivity index (χ2v) is 4.44. The van der Waals surface area contributed by atoms with E-state index in [9.17, 15) is 13.6 Å². The van der Waals surface area contributed by atoms with Crippen molar-refractivity contribution in [3.05, 3.63) is 52.6 Å². The second kappa shape index (κ2) is 5.34. The largest absolute Gasteiger partial charge is 0.397 e. The smallest absolute Gasteiger partial charge is 0.248 e. The normalized spacial score (nSPS) is 10.3. The molecule has 20 heavy (non-hydrogen) atoms. The van der Waals surface area contributed by atoms with Gasteiger partial charge in [0, 0.05) is 11.6 Å². The number of nitrogens with two attached hydrogens (primary N) is 2. The fraction of sp³-hybridized carbons (Fsp3) is 0. The number of rotatable bonds is 3. The maximum absolute atomic E-state index is 13.7. The van der Waals surface area contributed by atoms with Crippen LogP contribution in [-0.2, 0) is 0 Å². The van der Waals surface area contributed by atoms with Crippen LogP contribution in [0, 0.1) is 11.6 Å². The number of nitrogen functional groups attached to an aromatic ring is 1. The van der Waals surface area contributed by atoms with Crippen LogP contribution in [0.4, 0.5) is 25.8 Å². The van der Waals surface area contributed by atoms with E-state index in [-0.39, 0.29) is 27.6 Å². The van der Waals surface area contributed by atoms with Crippen molar-refractivity contribution in [3.63, 3.8) is 0 Å². The monoisotopic (exact) mass is 297 g/mol. The Morgan fingerprint density at radius 1 is 1.20 bits per heavy atom. The molecule has 0 atom stereocenters. The molecule has 5 N–H and O–H groups in total. The fourth-order valence-corrected chi connectivity index (χ4v) is 1.86. The Bertz CT molecular complexity index is 668. The molecule has 2 aromatic rings. The SMILES string of the molecule is NC(=O)c1ccc(N)c(Nc2c(F)cc(F)cc2Cl)c1. The minimum Gasteiger partial charge on any atom is -0.397 e. The zero-order valence-electron chi connectivity index (χ0n) is 10.1. The van der Waals surface area contributed by atoms with E-state index in [2.05, 4.69) is 5.32 Å². The van der Waals surface area contributed by atoms with Crippen LogP contribution in [0.1, 0.15) is 10.4 Å². The second-order valence-electron chi connectivity index (χ2n) is 4.04. The van der Waals surface area contributed by atoms with Gasteiger partial charge in [-0.1, -0.05) is 11.6 Å². The summed E-state index contributed by atoms with van der Waals surface area (Å²) in [5.41, 5.74) is 11.4. The van der Waals surface area contributed by atoms with Gasteiger partial charge < -0.3 is 16.8 Å². The lowest BCUT2D eigenvalue weighted by molar-refractivity contribution is 0.100. The molecule has 2 aromatic carbocycles. The van der Waals surface area contributed by atoms with Gasteiger partial charge in [-0.25, -0.2) is 8.78 Å². The highest BCUT2D eigenvalue weighted by atomic mass is 35.5. The van der Waals surface area contributed by atoms with Gasteiger partial charge in [0.2, 0.25) is 5.91 Å². The lowest BCUT2D eigenvalue weighted by Gasteiger charge is -2.12. The molecule has 0 fully saturated rings. The first-order valence-corrected chi connectivity index (χ1v) is 5.87. The summed E-state index contributed by atoms with van der Waals surface area (Å²) in [5.74, 6) is -2.32. The summed E-state index contributed by atoms with van der Waals surface area (Å²) in [5, 5.41) is 2.48. The van der Waals surface area contributed by atoms with Crippen molar-refractivity contribution in [2.75, 3.05) is 11.1 Å². The van der Waals surface area contributed by atoms with Gasteiger partial charge in [-0.3, -0.25) is 4.79 Å². The van der Waals surface area contributed by atoms with Gasteiger partial charge in [0.15, 0.2) is 5.82 Å². The highest BCUT2D eigenvalue weighted by Gasteiger charge is 2.12. The Hall–Kier alpha value is -2.34. The zero-order chi connectivity index (χ0) is 14.9. The molecule has 0 saturated carbocycles. The number of anilines is 3. The first kappa shape index (κ1) is 14.1.